The predicted molar refractivity (Wildman–Crippen MR) is 108 cm³/mol. The third kappa shape index (κ3) is 7.80. The lowest BCUT2D eigenvalue weighted by molar-refractivity contribution is -0.146. The Balaban J connectivity index is 2.91. The zero-order valence-corrected chi connectivity index (χ0v) is 17.9. The van der Waals surface area contributed by atoms with E-state index in [1.54, 1.807) is 13.8 Å². The van der Waals surface area contributed by atoms with Crippen LogP contribution in [0.5, 0.6) is 0 Å². The van der Waals surface area contributed by atoms with Crippen LogP contribution in [0.1, 0.15) is 46.0 Å². The summed E-state index contributed by atoms with van der Waals surface area (Å²) in [5.41, 5.74) is 5.55. The summed E-state index contributed by atoms with van der Waals surface area (Å²) >= 11 is 0. The number of carbonyl (C=O) groups excluding carboxylic acids is 3. The molecule has 0 spiro atoms. The minimum Gasteiger partial charge on any atom is -0.481 e. The topological polar surface area (TPSA) is 216 Å². The molecular weight excluding hydrogens is 428 g/mol. The number of likely N-dealkylation sites (tertiary alicyclic amines) is 1. The molecule has 0 aromatic heterocycles. The SMILES string of the molecule is CC(C)C(NC(=O)C(N)CC(=O)O)C(=O)N1CCCC1C(=O)NC(CCC(=O)O)C(=O)O. The normalized spacial score (nSPS) is 18.5. The predicted octanol–water partition coefficient (Wildman–Crippen LogP) is -1.65. The number of nitrogens with one attached hydrogen (secondary N) is 2. The molecule has 4 unspecified atom stereocenters. The minimum atomic E-state index is -1.43. The Morgan fingerprint density at radius 1 is 1.03 bits per heavy atom. The monoisotopic (exact) mass is 458 g/mol. The van der Waals surface area contributed by atoms with Crippen molar-refractivity contribution in [3.63, 3.8) is 0 Å². The quantitative estimate of drug-likeness (QED) is 0.196. The van der Waals surface area contributed by atoms with E-state index in [1.165, 1.54) is 4.90 Å². The smallest absolute Gasteiger partial charge is 0.326 e. The van der Waals surface area contributed by atoms with E-state index in [-0.39, 0.29) is 19.4 Å². The van der Waals surface area contributed by atoms with Gasteiger partial charge in [-0.25, -0.2) is 4.79 Å². The van der Waals surface area contributed by atoms with Gasteiger partial charge in [0.05, 0.1) is 12.5 Å². The van der Waals surface area contributed by atoms with E-state index in [4.69, 9.17) is 15.9 Å². The zero-order chi connectivity index (χ0) is 24.6. The minimum absolute atomic E-state index is 0.198. The van der Waals surface area contributed by atoms with Crippen LogP contribution in [-0.2, 0) is 28.8 Å². The summed E-state index contributed by atoms with van der Waals surface area (Å²) in [6.07, 6.45) is -0.660. The number of rotatable bonds is 12. The molecule has 32 heavy (non-hydrogen) atoms. The van der Waals surface area contributed by atoms with Gasteiger partial charge >= 0.3 is 17.9 Å². The Kier molecular flexibility index (Phi) is 10.0. The van der Waals surface area contributed by atoms with Crippen molar-refractivity contribution in [3.05, 3.63) is 0 Å². The molecule has 0 aromatic rings. The Labute approximate surface area is 184 Å². The maximum absolute atomic E-state index is 13.1. The average Bonchev–Trinajstić information content (AvgIpc) is 3.17. The van der Waals surface area contributed by atoms with Crippen molar-refractivity contribution in [2.45, 2.75) is 70.1 Å². The van der Waals surface area contributed by atoms with Gasteiger partial charge in [0.25, 0.3) is 0 Å². The number of hydrogen-bond donors (Lipinski definition) is 6. The molecule has 0 saturated carbocycles. The van der Waals surface area contributed by atoms with Gasteiger partial charge in [-0.1, -0.05) is 13.8 Å². The summed E-state index contributed by atoms with van der Waals surface area (Å²) in [5.74, 6) is -6.41. The van der Waals surface area contributed by atoms with Gasteiger partial charge in [0.15, 0.2) is 0 Å². The van der Waals surface area contributed by atoms with Crippen molar-refractivity contribution in [1.82, 2.24) is 15.5 Å². The molecule has 0 aliphatic carbocycles. The third-order valence-corrected chi connectivity index (χ3v) is 5.06. The number of carboxylic acids is 3. The van der Waals surface area contributed by atoms with Crippen molar-refractivity contribution in [1.29, 1.82) is 0 Å². The van der Waals surface area contributed by atoms with Gasteiger partial charge in [-0.15, -0.1) is 0 Å². The van der Waals surface area contributed by atoms with Gasteiger partial charge in [-0.05, 0) is 25.2 Å². The lowest BCUT2D eigenvalue weighted by atomic mass is 10.0. The number of hydrogen-bond acceptors (Lipinski definition) is 7. The number of amides is 3. The van der Waals surface area contributed by atoms with E-state index in [1.807, 2.05) is 0 Å². The molecule has 1 saturated heterocycles. The van der Waals surface area contributed by atoms with Crippen molar-refractivity contribution < 1.29 is 44.1 Å². The van der Waals surface area contributed by atoms with E-state index in [0.717, 1.165) is 0 Å². The lowest BCUT2D eigenvalue weighted by Gasteiger charge is -2.31. The summed E-state index contributed by atoms with van der Waals surface area (Å²) in [4.78, 5) is 72.0. The lowest BCUT2D eigenvalue weighted by Crippen LogP contribution is -2.58. The molecule has 180 valence electrons. The van der Waals surface area contributed by atoms with Crippen molar-refractivity contribution in [2.24, 2.45) is 11.7 Å². The van der Waals surface area contributed by atoms with Crippen molar-refractivity contribution in [3.8, 4) is 0 Å². The average molecular weight is 458 g/mol. The molecule has 0 aromatic carbocycles. The first-order chi connectivity index (χ1) is 14.8. The highest BCUT2D eigenvalue weighted by Gasteiger charge is 2.40. The first-order valence-corrected chi connectivity index (χ1v) is 10.2. The first kappa shape index (κ1) is 26.8. The largest absolute Gasteiger partial charge is 0.481 e. The van der Waals surface area contributed by atoms with Gasteiger partial charge < -0.3 is 36.6 Å². The second-order valence-electron chi connectivity index (χ2n) is 7.96. The highest BCUT2D eigenvalue weighted by molar-refractivity contribution is 5.95. The van der Waals surface area contributed by atoms with Gasteiger partial charge in [-0.3, -0.25) is 24.0 Å². The number of nitrogens with two attached hydrogens (primary N) is 1. The molecule has 4 atom stereocenters. The maximum Gasteiger partial charge on any atom is 0.326 e. The summed E-state index contributed by atoms with van der Waals surface area (Å²) in [6, 6.07) is -4.84. The molecule has 1 aliphatic heterocycles. The van der Waals surface area contributed by atoms with Crippen molar-refractivity contribution >= 4 is 35.6 Å². The Morgan fingerprint density at radius 2 is 1.66 bits per heavy atom. The Morgan fingerprint density at radius 3 is 2.16 bits per heavy atom. The van der Waals surface area contributed by atoms with Gasteiger partial charge in [0, 0.05) is 13.0 Å². The van der Waals surface area contributed by atoms with Gasteiger partial charge in [0.2, 0.25) is 17.7 Å². The van der Waals surface area contributed by atoms with Crippen LogP contribution in [-0.4, -0.2) is 86.6 Å². The van der Waals surface area contributed by atoms with Crippen LogP contribution < -0.4 is 16.4 Å². The molecule has 3 amide bonds. The summed E-state index contributed by atoms with van der Waals surface area (Å²) in [6.45, 7) is 3.51. The molecular formula is C19H30N4O9. The van der Waals surface area contributed by atoms with Crippen LogP contribution >= 0.6 is 0 Å². The molecule has 7 N–H and O–H groups in total. The van der Waals surface area contributed by atoms with E-state index < -0.39 is 78.6 Å². The fourth-order valence-corrected chi connectivity index (χ4v) is 3.33. The van der Waals surface area contributed by atoms with Gasteiger partial charge in [0.1, 0.15) is 18.1 Å². The highest BCUT2D eigenvalue weighted by Crippen LogP contribution is 2.21. The summed E-state index contributed by atoms with van der Waals surface area (Å²) < 4.78 is 0. The van der Waals surface area contributed by atoms with E-state index in [0.29, 0.717) is 6.42 Å². The summed E-state index contributed by atoms with van der Waals surface area (Å²) in [7, 11) is 0. The molecule has 1 heterocycles. The number of aliphatic carboxylic acids is 3. The number of carbonyl (C=O) groups is 6. The second kappa shape index (κ2) is 12.0. The molecule has 1 fully saturated rings. The molecule has 0 radical (unpaired) electrons. The van der Waals surface area contributed by atoms with E-state index >= 15 is 0 Å². The van der Waals surface area contributed by atoms with Gasteiger partial charge in [-0.2, -0.15) is 0 Å². The molecule has 13 heteroatoms. The Bertz CT molecular complexity index is 755. The van der Waals surface area contributed by atoms with E-state index in [2.05, 4.69) is 10.6 Å². The van der Waals surface area contributed by atoms with Crippen LogP contribution in [0.25, 0.3) is 0 Å². The van der Waals surface area contributed by atoms with Crippen LogP contribution in [0.3, 0.4) is 0 Å². The van der Waals surface area contributed by atoms with E-state index in [9.17, 15) is 33.9 Å². The fourth-order valence-electron chi connectivity index (χ4n) is 3.33. The first-order valence-electron chi connectivity index (χ1n) is 10.2. The fraction of sp³-hybridized carbons (Fsp3) is 0.684. The third-order valence-electron chi connectivity index (χ3n) is 5.06. The molecule has 0 bridgehead atoms. The molecule has 13 nitrogen and oxygen atoms in total. The number of nitrogens with zero attached hydrogens (tertiary/aromatic N) is 1. The standard InChI is InChI=1S/C19H30N4O9/c1-9(2)15(22-16(28)10(20)8-14(26)27)18(30)23-7-3-4-12(23)17(29)21-11(19(31)32)5-6-13(24)25/h9-12,15H,3-8,20H2,1-2H3,(H,21,29)(H,22,28)(H,24,25)(H,26,27)(H,31,32). The molecule has 1 rings (SSSR count). The second-order valence-corrected chi connectivity index (χ2v) is 7.96. The molecule has 1 aliphatic rings. The Hall–Kier alpha value is -3.22. The number of carboxylic acid groups (broad SMARTS) is 3. The van der Waals surface area contributed by atoms with Crippen LogP contribution in [0.2, 0.25) is 0 Å². The zero-order valence-electron chi connectivity index (χ0n) is 17.9. The van der Waals surface area contributed by atoms with Crippen LogP contribution in [0, 0.1) is 5.92 Å². The van der Waals surface area contributed by atoms with Crippen molar-refractivity contribution in [2.75, 3.05) is 6.54 Å². The van der Waals surface area contributed by atoms with Crippen LogP contribution in [0.4, 0.5) is 0 Å². The highest BCUT2D eigenvalue weighted by atomic mass is 16.4. The summed E-state index contributed by atoms with van der Waals surface area (Å²) in [5, 5.41) is 31.5. The maximum atomic E-state index is 13.1. The van der Waals surface area contributed by atoms with Crippen LogP contribution in [0.15, 0.2) is 0 Å².